The van der Waals surface area contributed by atoms with Gasteiger partial charge >= 0.3 is 5.69 Å². The highest BCUT2D eigenvalue weighted by Crippen LogP contribution is 2.29. The maximum atomic E-state index is 12.1. The molecule has 1 aliphatic rings. The summed E-state index contributed by atoms with van der Waals surface area (Å²) in [6.45, 7) is 2.92. The number of nitro groups is 1. The van der Waals surface area contributed by atoms with E-state index in [1.807, 2.05) is 0 Å². The molecule has 1 aromatic carbocycles. The molecule has 7 nitrogen and oxygen atoms in total. The Labute approximate surface area is 121 Å². The summed E-state index contributed by atoms with van der Waals surface area (Å²) in [4.78, 5) is 35.0. The first kappa shape index (κ1) is 15.0. The van der Waals surface area contributed by atoms with Gasteiger partial charge in [-0.05, 0) is 31.9 Å². The van der Waals surface area contributed by atoms with Crippen molar-refractivity contribution in [1.29, 1.82) is 0 Å². The van der Waals surface area contributed by atoms with Crippen molar-refractivity contribution in [3.8, 4) is 5.75 Å². The van der Waals surface area contributed by atoms with E-state index in [0.717, 1.165) is 12.8 Å². The third-order valence-electron chi connectivity index (χ3n) is 3.39. The average molecular weight is 292 g/mol. The van der Waals surface area contributed by atoms with Crippen LogP contribution >= 0.6 is 0 Å². The normalized spacial score (nSPS) is 15.6. The van der Waals surface area contributed by atoms with Gasteiger partial charge in [-0.3, -0.25) is 19.7 Å². The molecule has 0 radical (unpaired) electrons. The van der Waals surface area contributed by atoms with Gasteiger partial charge in [0.2, 0.25) is 0 Å². The highest BCUT2D eigenvalue weighted by molar-refractivity contribution is 5.81. The lowest BCUT2D eigenvalue weighted by molar-refractivity contribution is -0.386. The van der Waals surface area contributed by atoms with Crippen LogP contribution in [-0.4, -0.2) is 41.2 Å². The number of nitrogens with zero attached hydrogens (tertiary/aromatic N) is 2. The van der Waals surface area contributed by atoms with E-state index in [4.69, 9.17) is 4.74 Å². The molecular formula is C14H16N2O5. The number of aldehydes is 1. The number of hydrogen-bond donors (Lipinski definition) is 0. The van der Waals surface area contributed by atoms with E-state index in [-0.39, 0.29) is 22.9 Å². The lowest BCUT2D eigenvalue weighted by Crippen LogP contribution is -2.38. The van der Waals surface area contributed by atoms with Gasteiger partial charge in [-0.15, -0.1) is 0 Å². The van der Waals surface area contributed by atoms with Gasteiger partial charge in [-0.1, -0.05) is 0 Å². The second-order valence-corrected chi connectivity index (χ2v) is 4.89. The van der Waals surface area contributed by atoms with Crippen LogP contribution in [0.5, 0.6) is 5.75 Å². The lowest BCUT2D eigenvalue weighted by atomic mass is 10.2. The van der Waals surface area contributed by atoms with Crippen LogP contribution in [0, 0.1) is 10.1 Å². The Morgan fingerprint density at radius 3 is 2.67 bits per heavy atom. The van der Waals surface area contributed by atoms with Gasteiger partial charge in [0, 0.05) is 24.7 Å². The number of likely N-dealkylation sites (tertiary alicyclic amines) is 1. The van der Waals surface area contributed by atoms with Crippen molar-refractivity contribution in [2.45, 2.75) is 25.9 Å². The van der Waals surface area contributed by atoms with E-state index >= 15 is 0 Å². The fourth-order valence-corrected chi connectivity index (χ4v) is 2.28. The number of amides is 1. The van der Waals surface area contributed by atoms with Crippen molar-refractivity contribution >= 4 is 17.9 Å². The van der Waals surface area contributed by atoms with Crippen molar-refractivity contribution in [3.63, 3.8) is 0 Å². The smallest absolute Gasteiger partial charge is 0.310 e. The zero-order valence-corrected chi connectivity index (χ0v) is 11.7. The van der Waals surface area contributed by atoms with Gasteiger partial charge in [0.1, 0.15) is 6.29 Å². The molecule has 112 valence electrons. The number of benzene rings is 1. The predicted octanol–water partition coefficient (Wildman–Crippen LogP) is 1.80. The van der Waals surface area contributed by atoms with Crippen molar-refractivity contribution in [2.24, 2.45) is 0 Å². The highest BCUT2D eigenvalue weighted by atomic mass is 16.6. The Morgan fingerprint density at radius 1 is 1.43 bits per heavy atom. The van der Waals surface area contributed by atoms with Gasteiger partial charge < -0.3 is 9.64 Å². The Bertz CT molecular complexity index is 566. The van der Waals surface area contributed by atoms with E-state index in [1.165, 1.54) is 18.2 Å². The molecular weight excluding hydrogens is 276 g/mol. The molecule has 0 saturated carbocycles. The maximum Gasteiger partial charge on any atom is 0.310 e. The van der Waals surface area contributed by atoms with Crippen LogP contribution in [0.15, 0.2) is 18.2 Å². The van der Waals surface area contributed by atoms with Crippen molar-refractivity contribution in [2.75, 3.05) is 13.1 Å². The zero-order chi connectivity index (χ0) is 15.4. The van der Waals surface area contributed by atoms with Gasteiger partial charge in [-0.25, -0.2) is 0 Å². The molecule has 1 saturated heterocycles. The Morgan fingerprint density at radius 2 is 2.10 bits per heavy atom. The monoisotopic (exact) mass is 292 g/mol. The molecule has 0 aromatic heterocycles. The highest BCUT2D eigenvalue weighted by Gasteiger charge is 2.27. The number of carbonyl (C=O) groups is 2. The largest absolute Gasteiger partial charge is 0.474 e. The van der Waals surface area contributed by atoms with Crippen LogP contribution in [0.2, 0.25) is 0 Å². The van der Waals surface area contributed by atoms with Crippen molar-refractivity contribution < 1.29 is 19.2 Å². The van der Waals surface area contributed by atoms with Crippen LogP contribution in [-0.2, 0) is 4.79 Å². The minimum atomic E-state index is -0.830. The summed E-state index contributed by atoms with van der Waals surface area (Å²) in [5, 5.41) is 11.0. The van der Waals surface area contributed by atoms with Crippen LogP contribution in [0.4, 0.5) is 5.69 Å². The average Bonchev–Trinajstić information content (AvgIpc) is 3.00. The van der Waals surface area contributed by atoms with Crippen LogP contribution in [0.3, 0.4) is 0 Å². The number of ether oxygens (including phenoxy) is 1. The van der Waals surface area contributed by atoms with Gasteiger partial charge in [0.25, 0.3) is 5.91 Å². The standard InChI is InChI=1S/C14H16N2O5/c1-10(14(18)15-6-2-3-7-15)21-13-8-11(9-17)4-5-12(13)16(19)20/h4-5,8-10H,2-3,6-7H2,1H3. The molecule has 1 aromatic rings. The van der Waals surface area contributed by atoms with Crippen LogP contribution in [0.1, 0.15) is 30.1 Å². The van der Waals surface area contributed by atoms with Gasteiger partial charge in [0.05, 0.1) is 4.92 Å². The SMILES string of the molecule is CC(Oc1cc(C=O)ccc1[N+](=O)[O-])C(=O)N1CCCC1. The Hall–Kier alpha value is -2.44. The van der Waals surface area contributed by atoms with Crippen molar-refractivity contribution in [3.05, 3.63) is 33.9 Å². The molecule has 0 N–H and O–H groups in total. The number of carbonyl (C=O) groups excluding carboxylic acids is 2. The summed E-state index contributed by atoms with van der Waals surface area (Å²) in [7, 11) is 0. The molecule has 0 spiro atoms. The van der Waals surface area contributed by atoms with Crippen LogP contribution in [0.25, 0.3) is 0 Å². The second-order valence-electron chi connectivity index (χ2n) is 4.89. The molecule has 1 amide bonds. The zero-order valence-electron chi connectivity index (χ0n) is 11.7. The van der Waals surface area contributed by atoms with E-state index < -0.39 is 11.0 Å². The van der Waals surface area contributed by atoms with Gasteiger partial charge in [-0.2, -0.15) is 0 Å². The molecule has 2 rings (SSSR count). The summed E-state index contributed by atoms with van der Waals surface area (Å²) < 4.78 is 5.43. The van der Waals surface area contributed by atoms with Gasteiger partial charge in [0.15, 0.2) is 11.9 Å². The van der Waals surface area contributed by atoms with E-state index in [9.17, 15) is 19.7 Å². The predicted molar refractivity (Wildman–Crippen MR) is 74.4 cm³/mol. The minimum Gasteiger partial charge on any atom is -0.474 e. The molecule has 21 heavy (non-hydrogen) atoms. The molecule has 1 heterocycles. The quantitative estimate of drug-likeness (QED) is 0.469. The number of rotatable bonds is 5. The first-order chi connectivity index (χ1) is 10.0. The molecule has 7 heteroatoms. The van der Waals surface area contributed by atoms with E-state index in [2.05, 4.69) is 0 Å². The minimum absolute atomic E-state index is 0.0651. The number of nitro benzene ring substituents is 1. The fraction of sp³-hybridized carbons (Fsp3) is 0.429. The molecule has 1 aliphatic heterocycles. The lowest BCUT2D eigenvalue weighted by Gasteiger charge is -2.21. The molecule has 0 aliphatic carbocycles. The maximum absolute atomic E-state index is 12.1. The van der Waals surface area contributed by atoms with Crippen molar-refractivity contribution in [1.82, 2.24) is 4.90 Å². The third-order valence-corrected chi connectivity index (χ3v) is 3.39. The van der Waals surface area contributed by atoms with E-state index in [1.54, 1.807) is 11.8 Å². The molecule has 1 fully saturated rings. The molecule has 1 atom stereocenters. The fourth-order valence-electron chi connectivity index (χ4n) is 2.28. The second kappa shape index (κ2) is 6.34. The third kappa shape index (κ3) is 3.36. The summed E-state index contributed by atoms with van der Waals surface area (Å²) in [5.74, 6) is -0.261. The Kier molecular flexibility index (Phi) is 4.52. The first-order valence-corrected chi connectivity index (χ1v) is 6.72. The van der Waals surface area contributed by atoms with E-state index in [0.29, 0.717) is 19.4 Å². The Balaban J connectivity index is 2.18. The summed E-state index contributed by atoms with van der Waals surface area (Å²) >= 11 is 0. The summed E-state index contributed by atoms with van der Waals surface area (Å²) in [5.41, 5.74) is -0.00177. The molecule has 1 unspecified atom stereocenters. The summed E-state index contributed by atoms with van der Waals surface area (Å²) in [6.07, 6.45) is 1.66. The van der Waals surface area contributed by atoms with Crippen LogP contribution < -0.4 is 4.74 Å². The number of hydrogen-bond acceptors (Lipinski definition) is 5. The first-order valence-electron chi connectivity index (χ1n) is 6.72. The topological polar surface area (TPSA) is 89.7 Å². The summed E-state index contributed by atoms with van der Waals surface area (Å²) in [6, 6.07) is 3.82. The molecule has 0 bridgehead atoms.